The van der Waals surface area contributed by atoms with Crippen LogP contribution in [0, 0.1) is 12.3 Å². The van der Waals surface area contributed by atoms with E-state index in [-0.39, 0.29) is 0 Å². The first-order chi connectivity index (χ1) is 8.78. The zero-order valence-electron chi connectivity index (χ0n) is 12.7. The van der Waals surface area contributed by atoms with Gasteiger partial charge in [0.25, 0.3) is 0 Å². The van der Waals surface area contributed by atoms with Crippen LogP contribution in [0.5, 0.6) is 0 Å². The summed E-state index contributed by atoms with van der Waals surface area (Å²) in [6, 6.07) is 8.32. The molecule has 2 nitrogen and oxygen atoms in total. The fraction of sp³-hybridized carbons (Fsp3) is 0.647. The van der Waals surface area contributed by atoms with Crippen LogP contribution in [0.2, 0.25) is 0 Å². The Labute approximate surface area is 117 Å². The van der Waals surface area contributed by atoms with Crippen LogP contribution in [0.4, 0.5) is 0 Å². The van der Waals surface area contributed by atoms with E-state index in [1.165, 1.54) is 5.56 Å². The number of aryl methyl sites for hydroxylation is 1. The van der Waals surface area contributed by atoms with Gasteiger partial charge in [-0.15, -0.1) is 0 Å². The van der Waals surface area contributed by atoms with Gasteiger partial charge in [-0.3, -0.25) is 0 Å². The van der Waals surface area contributed by atoms with Gasteiger partial charge < -0.3 is 10.0 Å². The molecule has 1 N–H and O–H groups in total. The maximum Gasteiger partial charge on any atom is 0.0921 e. The third-order valence-corrected chi connectivity index (χ3v) is 3.94. The lowest BCUT2D eigenvalue weighted by molar-refractivity contribution is -0.0318. The van der Waals surface area contributed by atoms with Gasteiger partial charge in [0.05, 0.1) is 5.60 Å². The molecule has 19 heavy (non-hydrogen) atoms. The van der Waals surface area contributed by atoms with Crippen molar-refractivity contribution in [2.45, 2.75) is 46.1 Å². The Morgan fingerprint density at radius 1 is 1.21 bits per heavy atom. The van der Waals surface area contributed by atoms with E-state index in [1.807, 2.05) is 6.07 Å². The first-order valence-corrected chi connectivity index (χ1v) is 7.30. The monoisotopic (exact) mass is 261 g/mol. The van der Waals surface area contributed by atoms with E-state index in [0.29, 0.717) is 5.41 Å². The zero-order valence-corrected chi connectivity index (χ0v) is 12.7. The molecule has 0 saturated carbocycles. The van der Waals surface area contributed by atoms with Crippen molar-refractivity contribution in [2.75, 3.05) is 19.6 Å². The molecule has 2 rings (SSSR count). The maximum absolute atomic E-state index is 10.9. The van der Waals surface area contributed by atoms with Crippen molar-refractivity contribution in [2.24, 2.45) is 5.41 Å². The number of hydrogen-bond acceptors (Lipinski definition) is 2. The highest BCUT2D eigenvalue weighted by atomic mass is 16.3. The Morgan fingerprint density at radius 2 is 1.84 bits per heavy atom. The molecule has 0 atom stereocenters. The van der Waals surface area contributed by atoms with Gasteiger partial charge in [-0.25, -0.2) is 0 Å². The van der Waals surface area contributed by atoms with Crippen molar-refractivity contribution >= 4 is 0 Å². The topological polar surface area (TPSA) is 23.5 Å². The van der Waals surface area contributed by atoms with Gasteiger partial charge in [0, 0.05) is 19.6 Å². The fourth-order valence-electron chi connectivity index (χ4n) is 2.98. The Bertz CT molecular complexity index is 425. The van der Waals surface area contributed by atoms with E-state index in [4.69, 9.17) is 0 Å². The van der Waals surface area contributed by atoms with Gasteiger partial charge in [0.15, 0.2) is 0 Å². The summed E-state index contributed by atoms with van der Waals surface area (Å²) in [4.78, 5) is 2.48. The highest BCUT2D eigenvalue weighted by Gasteiger charge is 2.34. The summed E-state index contributed by atoms with van der Waals surface area (Å²) in [7, 11) is 0. The summed E-state index contributed by atoms with van der Waals surface area (Å²) in [6.07, 6.45) is 1.68. The largest absolute Gasteiger partial charge is 0.385 e. The van der Waals surface area contributed by atoms with E-state index in [2.05, 4.69) is 50.8 Å². The summed E-state index contributed by atoms with van der Waals surface area (Å²) in [6.45, 7) is 12.0. The van der Waals surface area contributed by atoms with Crippen LogP contribution in [-0.4, -0.2) is 29.6 Å². The third kappa shape index (κ3) is 3.80. The number of benzene rings is 1. The molecule has 1 aliphatic heterocycles. The van der Waals surface area contributed by atoms with Crippen LogP contribution in [0.25, 0.3) is 0 Å². The molecular formula is C17H27NO. The molecule has 1 aliphatic rings. The van der Waals surface area contributed by atoms with Crippen molar-refractivity contribution in [3.05, 3.63) is 35.4 Å². The van der Waals surface area contributed by atoms with Crippen LogP contribution in [0.15, 0.2) is 24.3 Å². The van der Waals surface area contributed by atoms with Gasteiger partial charge in [-0.05, 0) is 30.7 Å². The minimum atomic E-state index is -0.625. The summed E-state index contributed by atoms with van der Waals surface area (Å²) in [5, 5.41) is 10.9. The minimum absolute atomic E-state index is 0.332. The zero-order chi connectivity index (χ0) is 14.1. The van der Waals surface area contributed by atoms with E-state index >= 15 is 0 Å². The van der Waals surface area contributed by atoms with Gasteiger partial charge in [0.1, 0.15) is 0 Å². The lowest BCUT2D eigenvalue weighted by atomic mass is 9.83. The van der Waals surface area contributed by atoms with E-state index in [9.17, 15) is 5.11 Å². The number of piperidine rings is 1. The van der Waals surface area contributed by atoms with Crippen LogP contribution in [0.1, 0.15) is 44.7 Å². The average Bonchev–Trinajstić information content (AvgIpc) is 2.31. The molecule has 0 aromatic heterocycles. The van der Waals surface area contributed by atoms with Gasteiger partial charge in [-0.2, -0.15) is 0 Å². The highest BCUT2D eigenvalue weighted by molar-refractivity contribution is 5.28. The van der Waals surface area contributed by atoms with Gasteiger partial charge in [0.2, 0.25) is 0 Å². The molecule has 2 heteroatoms. The fourth-order valence-corrected chi connectivity index (χ4v) is 2.98. The van der Waals surface area contributed by atoms with Crippen molar-refractivity contribution in [3.8, 4) is 0 Å². The smallest absolute Gasteiger partial charge is 0.0921 e. The SMILES string of the molecule is Cc1cccc(C2(O)CCN(CC(C)(C)C)CC2)c1. The molecular weight excluding hydrogens is 234 g/mol. The molecule has 1 aromatic carbocycles. The Kier molecular flexibility index (Phi) is 4.03. The molecule has 1 aromatic rings. The van der Waals surface area contributed by atoms with Crippen molar-refractivity contribution < 1.29 is 5.11 Å². The molecule has 0 bridgehead atoms. The minimum Gasteiger partial charge on any atom is -0.385 e. The maximum atomic E-state index is 10.9. The predicted octanol–water partition coefficient (Wildman–Crippen LogP) is 3.32. The summed E-state index contributed by atoms with van der Waals surface area (Å²) >= 11 is 0. The Morgan fingerprint density at radius 3 is 2.37 bits per heavy atom. The molecule has 0 spiro atoms. The van der Waals surface area contributed by atoms with E-state index < -0.39 is 5.60 Å². The van der Waals surface area contributed by atoms with Crippen LogP contribution < -0.4 is 0 Å². The molecule has 0 aliphatic carbocycles. The van der Waals surface area contributed by atoms with Crippen molar-refractivity contribution in [3.63, 3.8) is 0 Å². The molecule has 0 unspecified atom stereocenters. The van der Waals surface area contributed by atoms with Crippen molar-refractivity contribution in [1.29, 1.82) is 0 Å². The summed E-state index contributed by atoms with van der Waals surface area (Å²) in [5.41, 5.74) is 2.02. The Hall–Kier alpha value is -0.860. The molecule has 1 fully saturated rings. The molecule has 106 valence electrons. The van der Waals surface area contributed by atoms with Gasteiger partial charge in [-0.1, -0.05) is 50.6 Å². The summed E-state index contributed by atoms with van der Waals surface area (Å²) in [5.74, 6) is 0. The van der Waals surface area contributed by atoms with E-state index in [1.54, 1.807) is 0 Å². The number of hydrogen-bond donors (Lipinski definition) is 1. The molecule has 1 saturated heterocycles. The number of aliphatic hydroxyl groups is 1. The lowest BCUT2D eigenvalue weighted by Gasteiger charge is -2.40. The van der Waals surface area contributed by atoms with Gasteiger partial charge >= 0.3 is 0 Å². The third-order valence-electron chi connectivity index (χ3n) is 3.94. The second kappa shape index (κ2) is 5.26. The second-order valence-corrected chi connectivity index (χ2v) is 7.24. The number of nitrogens with zero attached hydrogens (tertiary/aromatic N) is 1. The normalized spacial score (nSPS) is 20.5. The Balaban J connectivity index is 2.02. The molecule has 0 amide bonds. The van der Waals surface area contributed by atoms with Crippen LogP contribution >= 0.6 is 0 Å². The first-order valence-electron chi connectivity index (χ1n) is 7.30. The standard InChI is InChI=1S/C17H27NO/c1-14-6-5-7-15(12-14)17(19)8-10-18(11-9-17)13-16(2,3)4/h5-7,12,19H,8-11,13H2,1-4H3. The number of likely N-dealkylation sites (tertiary alicyclic amines) is 1. The van der Waals surface area contributed by atoms with Crippen LogP contribution in [-0.2, 0) is 5.60 Å². The number of rotatable bonds is 2. The predicted molar refractivity (Wildman–Crippen MR) is 80.2 cm³/mol. The molecule has 0 radical (unpaired) electrons. The summed E-state index contributed by atoms with van der Waals surface area (Å²) < 4.78 is 0. The van der Waals surface area contributed by atoms with Crippen molar-refractivity contribution in [1.82, 2.24) is 4.90 Å². The first kappa shape index (κ1) is 14.5. The quantitative estimate of drug-likeness (QED) is 0.882. The lowest BCUT2D eigenvalue weighted by Crippen LogP contribution is -2.45. The van der Waals surface area contributed by atoms with Crippen LogP contribution in [0.3, 0.4) is 0 Å². The van der Waals surface area contributed by atoms with E-state index in [0.717, 1.165) is 38.0 Å². The average molecular weight is 261 g/mol. The molecule has 1 heterocycles. The highest BCUT2D eigenvalue weighted by Crippen LogP contribution is 2.34. The second-order valence-electron chi connectivity index (χ2n) is 7.24.